The first-order valence-corrected chi connectivity index (χ1v) is 7.42. The molecule has 124 valence electrons. The van der Waals surface area contributed by atoms with Crippen LogP contribution in [0.4, 0.5) is 4.79 Å². The molecule has 0 atom stereocenters. The summed E-state index contributed by atoms with van der Waals surface area (Å²) in [5.41, 5.74) is 2.38. The lowest BCUT2D eigenvalue weighted by Gasteiger charge is -2.02. The minimum atomic E-state index is -0.871. The number of aromatic nitrogens is 3. The van der Waals surface area contributed by atoms with Gasteiger partial charge >= 0.3 is 18.1 Å². The normalized spacial score (nSPS) is 10.8. The predicted octanol–water partition coefficient (Wildman–Crippen LogP) is 2.82. The molecule has 0 unspecified atom stereocenters. The van der Waals surface area contributed by atoms with Crippen molar-refractivity contribution in [2.45, 2.75) is 13.8 Å². The Morgan fingerprint density at radius 2 is 1.92 bits per heavy atom. The molecular weight excluding hydrogens is 314 g/mol. The van der Waals surface area contributed by atoms with Crippen LogP contribution in [0.5, 0.6) is 6.01 Å². The highest BCUT2D eigenvalue weighted by molar-refractivity contribution is 6.07. The molecule has 0 aliphatic heterocycles. The molecule has 0 spiro atoms. The van der Waals surface area contributed by atoms with Crippen LogP contribution in [0, 0.1) is 0 Å². The minimum absolute atomic E-state index is 0.122. The third-order valence-corrected chi connectivity index (χ3v) is 3.26. The number of rotatable bonds is 4. The SMILES string of the molecule is CCOC(=O)Oc1ncc2[nH]c3ccc(C(=O)OCC)cc3c2n1. The molecule has 0 saturated carbocycles. The zero-order valence-electron chi connectivity index (χ0n) is 13.2. The van der Waals surface area contributed by atoms with Gasteiger partial charge in [0.1, 0.15) is 5.52 Å². The van der Waals surface area contributed by atoms with Gasteiger partial charge in [-0.2, -0.15) is 4.98 Å². The van der Waals surface area contributed by atoms with E-state index in [2.05, 4.69) is 15.0 Å². The highest BCUT2D eigenvalue weighted by Crippen LogP contribution is 2.26. The maximum atomic E-state index is 11.9. The largest absolute Gasteiger partial charge is 0.516 e. The number of carbonyl (C=O) groups excluding carboxylic acids is 2. The standard InChI is InChI=1S/C16H15N3O5/c1-3-22-14(20)9-5-6-11-10(7-9)13-12(18-11)8-17-15(19-13)24-16(21)23-4-2/h5-8,18H,3-4H2,1-2H3. The topological polar surface area (TPSA) is 103 Å². The van der Waals surface area contributed by atoms with E-state index in [-0.39, 0.29) is 12.6 Å². The second kappa shape index (κ2) is 6.53. The van der Waals surface area contributed by atoms with Crippen molar-refractivity contribution in [3.8, 4) is 6.01 Å². The zero-order chi connectivity index (χ0) is 17.1. The average Bonchev–Trinajstić information content (AvgIpc) is 2.92. The van der Waals surface area contributed by atoms with Crippen molar-refractivity contribution in [2.75, 3.05) is 13.2 Å². The number of benzene rings is 1. The Labute approximate surface area is 136 Å². The number of ether oxygens (including phenoxy) is 3. The second-order valence-electron chi connectivity index (χ2n) is 4.81. The van der Waals surface area contributed by atoms with Gasteiger partial charge in [0.25, 0.3) is 0 Å². The monoisotopic (exact) mass is 329 g/mol. The fraction of sp³-hybridized carbons (Fsp3) is 0.250. The Bertz CT molecular complexity index is 919. The van der Waals surface area contributed by atoms with Crippen LogP contribution in [0.25, 0.3) is 21.9 Å². The average molecular weight is 329 g/mol. The molecule has 0 fully saturated rings. The summed E-state index contributed by atoms with van der Waals surface area (Å²) in [4.78, 5) is 34.6. The smallest absolute Gasteiger partial charge is 0.462 e. The molecule has 8 nitrogen and oxygen atoms in total. The summed E-state index contributed by atoms with van der Waals surface area (Å²) in [6.45, 7) is 3.90. The van der Waals surface area contributed by atoms with Crippen LogP contribution in [0.2, 0.25) is 0 Å². The molecule has 2 aromatic heterocycles. The summed E-state index contributed by atoms with van der Waals surface area (Å²) in [6.07, 6.45) is 0.630. The third kappa shape index (κ3) is 2.98. The Morgan fingerprint density at radius 1 is 1.12 bits per heavy atom. The molecule has 24 heavy (non-hydrogen) atoms. The molecule has 0 saturated heterocycles. The van der Waals surface area contributed by atoms with Gasteiger partial charge in [-0.1, -0.05) is 0 Å². The van der Waals surface area contributed by atoms with E-state index in [9.17, 15) is 9.59 Å². The zero-order valence-corrected chi connectivity index (χ0v) is 13.2. The first kappa shape index (κ1) is 15.7. The molecule has 0 radical (unpaired) electrons. The van der Waals surface area contributed by atoms with Crippen LogP contribution in [0.1, 0.15) is 24.2 Å². The van der Waals surface area contributed by atoms with E-state index in [0.717, 1.165) is 5.52 Å². The highest BCUT2D eigenvalue weighted by atomic mass is 16.7. The van der Waals surface area contributed by atoms with E-state index in [1.54, 1.807) is 32.0 Å². The Balaban J connectivity index is 2.03. The maximum Gasteiger partial charge on any atom is 0.516 e. The second-order valence-corrected chi connectivity index (χ2v) is 4.81. The molecule has 0 bridgehead atoms. The van der Waals surface area contributed by atoms with Gasteiger partial charge in [-0.3, -0.25) is 0 Å². The summed E-state index contributed by atoms with van der Waals surface area (Å²) in [7, 11) is 0. The number of nitrogens with one attached hydrogen (secondary N) is 1. The number of aromatic amines is 1. The third-order valence-electron chi connectivity index (χ3n) is 3.26. The van der Waals surface area contributed by atoms with Gasteiger partial charge in [0.2, 0.25) is 0 Å². The molecule has 0 aliphatic carbocycles. The molecule has 3 aromatic rings. The Kier molecular flexibility index (Phi) is 4.28. The summed E-state index contributed by atoms with van der Waals surface area (Å²) < 4.78 is 14.6. The highest BCUT2D eigenvalue weighted by Gasteiger charge is 2.14. The van der Waals surface area contributed by atoms with Crippen LogP contribution in [0.3, 0.4) is 0 Å². The molecule has 0 amide bonds. The maximum absolute atomic E-state index is 11.9. The number of hydrogen-bond acceptors (Lipinski definition) is 7. The molecule has 3 rings (SSSR count). The van der Waals surface area contributed by atoms with Crippen molar-refractivity contribution in [1.82, 2.24) is 15.0 Å². The van der Waals surface area contributed by atoms with E-state index >= 15 is 0 Å². The van der Waals surface area contributed by atoms with Crippen molar-refractivity contribution in [1.29, 1.82) is 0 Å². The van der Waals surface area contributed by atoms with Gasteiger partial charge in [0.05, 0.1) is 30.5 Å². The van der Waals surface area contributed by atoms with E-state index in [1.807, 2.05) is 0 Å². The summed E-state index contributed by atoms with van der Waals surface area (Å²) in [5.74, 6) is -0.411. The van der Waals surface area contributed by atoms with Crippen molar-refractivity contribution in [2.24, 2.45) is 0 Å². The van der Waals surface area contributed by atoms with Crippen molar-refractivity contribution < 1.29 is 23.8 Å². The summed E-state index contributed by atoms with van der Waals surface area (Å²) in [5, 5.41) is 0.701. The summed E-state index contributed by atoms with van der Waals surface area (Å²) >= 11 is 0. The number of esters is 1. The first-order chi connectivity index (χ1) is 11.6. The fourth-order valence-corrected chi connectivity index (χ4v) is 2.27. The molecule has 1 aromatic carbocycles. The van der Waals surface area contributed by atoms with Crippen LogP contribution in [0.15, 0.2) is 24.4 Å². The van der Waals surface area contributed by atoms with Crippen LogP contribution < -0.4 is 4.74 Å². The predicted molar refractivity (Wildman–Crippen MR) is 85.0 cm³/mol. The Hall–Kier alpha value is -3.16. The van der Waals surface area contributed by atoms with Gasteiger partial charge in [0.15, 0.2) is 0 Å². The molecular formula is C16H15N3O5. The van der Waals surface area contributed by atoms with Crippen LogP contribution in [-0.2, 0) is 9.47 Å². The number of carbonyl (C=O) groups is 2. The van der Waals surface area contributed by atoms with Crippen LogP contribution in [-0.4, -0.2) is 40.3 Å². The number of H-pyrrole nitrogens is 1. The number of hydrogen-bond donors (Lipinski definition) is 1. The minimum Gasteiger partial charge on any atom is -0.462 e. The van der Waals surface area contributed by atoms with Gasteiger partial charge in [0, 0.05) is 10.9 Å². The van der Waals surface area contributed by atoms with Gasteiger partial charge in [-0.25, -0.2) is 14.6 Å². The Morgan fingerprint density at radius 3 is 2.67 bits per heavy atom. The van der Waals surface area contributed by atoms with Gasteiger partial charge in [-0.05, 0) is 32.0 Å². The van der Waals surface area contributed by atoms with Crippen molar-refractivity contribution in [3.05, 3.63) is 30.0 Å². The number of nitrogens with zero attached hydrogens (tertiary/aromatic N) is 2. The van der Waals surface area contributed by atoms with E-state index in [4.69, 9.17) is 14.2 Å². The van der Waals surface area contributed by atoms with E-state index < -0.39 is 12.1 Å². The van der Waals surface area contributed by atoms with Crippen molar-refractivity contribution in [3.63, 3.8) is 0 Å². The van der Waals surface area contributed by atoms with E-state index in [1.165, 1.54) is 6.20 Å². The van der Waals surface area contributed by atoms with Crippen molar-refractivity contribution >= 4 is 34.1 Å². The van der Waals surface area contributed by atoms with E-state index in [0.29, 0.717) is 28.6 Å². The first-order valence-electron chi connectivity index (χ1n) is 7.42. The molecule has 0 aliphatic rings. The van der Waals surface area contributed by atoms with Gasteiger partial charge in [-0.15, -0.1) is 0 Å². The quantitative estimate of drug-likeness (QED) is 0.734. The lowest BCUT2D eigenvalue weighted by atomic mass is 10.1. The lowest BCUT2D eigenvalue weighted by Crippen LogP contribution is -2.11. The molecule has 1 N–H and O–H groups in total. The fourth-order valence-electron chi connectivity index (χ4n) is 2.27. The van der Waals surface area contributed by atoms with Gasteiger partial charge < -0.3 is 19.2 Å². The summed E-state index contributed by atoms with van der Waals surface area (Å²) in [6, 6.07) is 4.98. The molecule has 8 heteroatoms. The molecule has 2 heterocycles. The number of fused-ring (bicyclic) bond motifs is 3. The van der Waals surface area contributed by atoms with Crippen LogP contribution >= 0.6 is 0 Å². The lowest BCUT2D eigenvalue weighted by molar-refractivity contribution is 0.0526.